The van der Waals surface area contributed by atoms with Crippen LogP contribution in [0.1, 0.15) is 30.7 Å². The van der Waals surface area contributed by atoms with Crippen molar-refractivity contribution in [2.45, 2.75) is 32.8 Å². The first-order valence-corrected chi connectivity index (χ1v) is 11.8. The number of pyridine rings is 2. The molecule has 1 fully saturated rings. The summed E-state index contributed by atoms with van der Waals surface area (Å²) < 4.78 is 7.63. The second-order valence-electron chi connectivity index (χ2n) is 8.82. The summed E-state index contributed by atoms with van der Waals surface area (Å²) in [5.41, 5.74) is 4.72. The number of anilines is 1. The molecule has 1 saturated heterocycles. The van der Waals surface area contributed by atoms with Crippen molar-refractivity contribution in [3.8, 4) is 23.0 Å². The van der Waals surface area contributed by atoms with Crippen molar-refractivity contribution < 1.29 is 14.6 Å². The monoisotopic (exact) mass is 489 g/mol. The van der Waals surface area contributed by atoms with E-state index < -0.39 is 5.97 Å². The second-order valence-corrected chi connectivity index (χ2v) is 8.82. The Morgan fingerprint density at radius 3 is 2.81 bits per heavy atom. The van der Waals surface area contributed by atoms with E-state index in [2.05, 4.69) is 30.4 Å². The molecule has 1 atom stereocenters. The number of aryl methyl sites for hydroxylation is 2. The van der Waals surface area contributed by atoms with Crippen LogP contribution in [-0.2, 0) is 18.4 Å². The topological polar surface area (TPSA) is 137 Å². The van der Waals surface area contributed by atoms with Crippen LogP contribution >= 0.6 is 0 Å². The Balaban J connectivity index is 1.33. The fraction of sp³-hybridized carbons (Fsp3) is 0.375. The van der Waals surface area contributed by atoms with Gasteiger partial charge in [0.25, 0.3) is 0 Å². The lowest BCUT2D eigenvalue weighted by molar-refractivity contribution is -0.138. The summed E-state index contributed by atoms with van der Waals surface area (Å²) in [6.45, 7) is 3.78. The number of hydrogen-bond donors (Lipinski definition) is 1. The fourth-order valence-corrected chi connectivity index (χ4v) is 4.55. The van der Waals surface area contributed by atoms with E-state index in [9.17, 15) is 9.90 Å². The van der Waals surface area contributed by atoms with E-state index in [1.807, 2.05) is 26.1 Å². The van der Waals surface area contributed by atoms with E-state index in [1.165, 1.54) is 4.80 Å². The first-order valence-electron chi connectivity index (χ1n) is 11.8. The lowest BCUT2D eigenvalue weighted by Crippen LogP contribution is -2.36. The molecule has 1 aliphatic heterocycles. The van der Waals surface area contributed by atoms with Crippen LogP contribution in [0, 0.1) is 12.8 Å². The molecule has 186 valence electrons. The summed E-state index contributed by atoms with van der Waals surface area (Å²) in [6.07, 6.45) is 6.95. The lowest BCUT2D eigenvalue weighted by atomic mass is 9.94. The Morgan fingerprint density at radius 2 is 2.03 bits per heavy atom. The third-order valence-corrected chi connectivity index (χ3v) is 6.29. The van der Waals surface area contributed by atoms with Gasteiger partial charge in [-0.25, -0.2) is 14.6 Å². The molecule has 0 spiro atoms. The van der Waals surface area contributed by atoms with Gasteiger partial charge in [-0.15, -0.1) is 5.10 Å². The Labute approximate surface area is 207 Å². The van der Waals surface area contributed by atoms with Gasteiger partial charge in [0.2, 0.25) is 5.88 Å². The third kappa shape index (κ3) is 5.02. The van der Waals surface area contributed by atoms with Crippen molar-refractivity contribution in [1.29, 1.82) is 0 Å². The minimum Gasteiger partial charge on any atom is -0.481 e. The van der Waals surface area contributed by atoms with Crippen LogP contribution in [0.15, 0.2) is 42.9 Å². The first-order chi connectivity index (χ1) is 17.5. The number of piperidine rings is 1. The quantitative estimate of drug-likeness (QED) is 0.393. The van der Waals surface area contributed by atoms with Crippen molar-refractivity contribution in [2.75, 3.05) is 18.0 Å². The average Bonchev–Trinajstić information content (AvgIpc) is 3.53. The third-order valence-electron chi connectivity index (χ3n) is 6.29. The van der Waals surface area contributed by atoms with Crippen molar-refractivity contribution in [3.63, 3.8) is 0 Å². The molecule has 4 aromatic rings. The molecule has 1 N–H and O–H groups in total. The second kappa shape index (κ2) is 10.1. The van der Waals surface area contributed by atoms with E-state index in [4.69, 9.17) is 9.72 Å². The zero-order chi connectivity index (χ0) is 25.1. The van der Waals surface area contributed by atoms with Crippen LogP contribution in [0.25, 0.3) is 17.1 Å². The van der Waals surface area contributed by atoms with Gasteiger partial charge in [0.1, 0.15) is 18.0 Å². The number of aromatic nitrogens is 8. The number of rotatable bonds is 8. The number of nitrogens with zero attached hydrogens (tertiary/aromatic N) is 9. The average molecular weight is 490 g/mol. The number of hydrogen-bond acceptors (Lipinski definition) is 9. The molecular weight excluding hydrogens is 462 g/mol. The minimum atomic E-state index is -0.746. The summed E-state index contributed by atoms with van der Waals surface area (Å²) >= 11 is 0. The zero-order valence-electron chi connectivity index (χ0n) is 20.2. The maximum atomic E-state index is 11.2. The highest BCUT2D eigenvalue weighted by Gasteiger charge is 2.24. The van der Waals surface area contributed by atoms with Crippen molar-refractivity contribution in [2.24, 2.45) is 13.0 Å². The molecule has 36 heavy (non-hydrogen) atoms. The summed E-state index contributed by atoms with van der Waals surface area (Å²) in [5, 5.41) is 25.9. The Bertz CT molecular complexity index is 1350. The number of carbonyl (C=O) groups is 1. The molecule has 0 bridgehead atoms. The van der Waals surface area contributed by atoms with E-state index >= 15 is 0 Å². The van der Waals surface area contributed by atoms with Gasteiger partial charge in [0, 0.05) is 38.8 Å². The van der Waals surface area contributed by atoms with E-state index in [0.29, 0.717) is 17.3 Å². The van der Waals surface area contributed by atoms with Crippen molar-refractivity contribution in [1.82, 2.24) is 40.0 Å². The van der Waals surface area contributed by atoms with Gasteiger partial charge < -0.3 is 14.7 Å². The van der Waals surface area contributed by atoms with Gasteiger partial charge in [0.15, 0.2) is 0 Å². The Morgan fingerprint density at radius 1 is 1.19 bits per heavy atom. The molecule has 0 aromatic carbocycles. The molecule has 4 aromatic heterocycles. The highest BCUT2D eigenvalue weighted by Crippen LogP contribution is 2.29. The number of aliphatic carboxylic acids is 1. The molecular formula is C24H27N9O3. The van der Waals surface area contributed by atoms with Gasteiger partial charge >= 0.3 is 5.97 Å². The SMILES string of the molecule is Cc1nc(-c2nnn(C)c2COc2cc(-n3nccn3)ccn2)ccc1N1CCC[C@H](CC(=O)O)C1. The number of carboxylic acid groups (broad SMARTS) is 1. The largest absolute Gasteiger partial charge is 0.481 e. The molecule has 0 unspecified atom stereocenters. The smallest absolute Gasteiger partial charge is 0.303 e. The lowest BCUT2D eigenvalue weighted by Gasteiger charge is -2.34. The van der Waals surface area contributed by atoms with Gasteiger partial charge in [-0.3, -0.25) is 4.79 Å². The number of carboxylic acids is 1. The zero-order valence-corrected chi connectivity index (χ0v) is 20.2. The Kier molecular flexibility index (Phi) is 6.56. The molecule has 1 aliphatic rings. The van der Waals surface area contributed by atoms with Gasteiger partial charge in [0.05, 0.1) is 35.2 Å². The van der Waals surface area contributed by atoms with Crippen molar-refractivity contribution in [3.05, 3.63) is 54.2 Å². The molecule has 5 heterocycles. The summed E-state index contributed by atoms with van der Waals surface area (Å²) in [6, 6.07) is 7.52. The van der Waals surface area contributed by atoms with Gasteiger partial charge in [-0.05, 0) is 43.9 Å². The Hall–Kier alpha value is -4.35. The molecule has 12 nitrogen and oxygen atoms in total. The maximum absolute atomic E-state index is 11.2. The van der Waals surface area contributed by atoms with Gasteiger partial charge in [-0.2, -0.15) is 15.0 Å². The minimum absolute atomic E-state index is 0.148. The first kappa shape index (κ1) is 23.4. The predicted octanol–water partition coefficient (Wildman–Crippen LogP) is 2.43. The normalized spacial score (nSPS) is 15.7. The van der Waals surface area contributed by atoms with Crippen LogP contribution < -0.4 is 9.64 Å². The van der Waals surface area contributed by atoms with E-state index in [1.54, 1.807) is 35.4 Å². The number of ether oxygens (including phenoxy) is 1. The van der Waals surface area contributed by atoms with Crippen LogP contribution in [0.4, 0.5) is 5.69 Å². The standard InChI is InChI=1S/C24H27N9O3/c1-16-20(32-11-3-4-17(14-32)12-23(34)35)6-5-19(28-16)24-21(31(2)30-29-24)15-36-22-13-18(7-8-25-22)33-26-9-10-27-33/h5-10,13,17H,3-4,11-12,14-15H2,1-2H3,(H,34,35)/t17-/m1/s1. The fourth-order valence-electron chi connectivity index (χ4n) is 4.55. The molecule has 0 aliphatic carbocycles. The molecule has 12 heteroatoms. The molecule has 5 rings (SSSR count). The van der Waals surface area contributed by atoms with E-state index in [0.717, 1.165) is 48.7 Å². The summed E-state index contributed by atoms with van der Waals surface area (Å²) in [7, 11) is 1.81. The molecule has 0 amide bonds. The molecule has 0 saturated carbocycles. The van der Waals surface area contributed by atoms with Crippen LogP contribution in [0.3, 0.4) is 0 Å². The maximum Gasteiger partial charge on any atom is 0.303 e. The summed E-state index contributed by atoms with van der Waals surface area (Å²) in [5.74, 6) is -0.169. The van der Waals surface area contributed by atoms with Crippen molar-refractivity contribution >= 4 is 11.7 Å². The van der Waals surface area contributed by atoms with E-state index in [-0.39, 0.29) is 18.9 Å². The van der Waals surface area contributed by atoms with Crippen LogP contribution in [0.2, 0.25) is 0 Å². The molecule has 0 radical (unpaired) electrons. The van der Waals surface area contributed by atoms with Crippen LogP contribution in [0.5, 0.6) is 5.88 Å². The van der Waals surface area contributed by atoms with Gasteiger partial charge in [-0.1, -0.05) is 5.21 Å². The highest BCUT2D eigenvalue weighted by molar-refractivity contribution is 5.67. The van der Waals surface area contributed by atoms with Crippen LogP contribution in [-0.4, -0.2) is 64.1 Å². The predicted molar refractivity (Wildman–Crippen MR) is 130 cm³/mol. The summed E-state index contributed by atoms with van der Waals surface area (Å²) in [4.78, 5) is 24.0. The highest BCUT2D eigenvalue weighted by atomic mass is 16.5.